The van der Waals surface area contributed by atoms with Gasteiger partial charge in [0.05, 0.1) is 6.61 Å². The number of aryl methyl sites for hydroxylation is 1. The Balaban J connectivity index is 1.81. The summed E-state index contributed by atoms with van der Waals surface area (Å²) in [5, 5.41) is 0. The Morgan fingerprint density at radius 2 is 1.83 bits per heavy atom. The van der Waals surface area contributed by atoms with Gasteiger partial charge in [-0.15, -0.1) is 0 Å². The van der Waals surface area contributed by atoms with E-state index < -0.39 is 0 Å². The summed E-state index contributed by atoms with van der Waals surface area (Å²) in [7, 11) is 0. The summed E-state index contributed by atoms with van der Waals surface area (Å²) in [5.41, 5.74) is 4.88. The minimum Gasteiger partial charge on any atom is -0.494 e. The topological polar surface area (TPSA) is 26.5 Å². The van der Waals surface area contributed by atoms with Crippen LogP contribution in [0.5, 0.6) is 5.75 Å². The largest absolute Gasteiger partial charge is 0.494 e. The van der Waals surface area contributed by atoms with E-state index in [4.69, 9.17) is 9.73 Å². The van der Waals surface area contributed by atoms with E-state index in [1.54, 1.807) is 0 Å². The first kappa shape index (κ1) is 16.8. The number of hydrogen-bond donors (Lipinski definition) is 0. The van der Waals surface area contributed by atoms with Gasteiger partial charge in [-0.2, -0.15) is 0 Å². The molecule has 0 spiro atoms. The molecule has 1 aromatic carbocycles. The summed E-state index contributed by atoms with van der Waals surface area (Å²) < 4.78 is 7.83. The maximum absolute atomic E-state index is 5.54. The predicted molar refractivity (Wildman–Crippen MR) is 101 cm³/mol. The number of hydrogen-bond acceptors (Lipinski definition) is 2. The number of aromatic nitrogens is 1. The van der Waals surface area contributed by atoms with Gasteiger partial charge in [-0.1, -0.05) is 19.3 Å². The lowest BCUT2D eigenvalue weighted by atomic mass is 9.96. The highest BCUT2D eigenvalue weighted by Crippen LogP contribution is 2.23. The molecule has 0 N–H and O–H groups in total. The molecule has 0 saturated heterocycles. The highest BCUT2D eigenvalue weighted by Gasteiger charge is 2.13. The minimum absolute atomic E-state index is 0.521. The van der Waals surface area contributed by atoms with Gasteiger partial charge in [0, 0.05) is 34.9 Å². The third-order valence-electron chi connectivity index (χ3n) is 4.88. The summed E-state index contributed by atoms with van der Waals surface area (Å²) in [4.78, 5) is 4.84. The fourth-order valence-corrected chi connectivity index (χ4v) is 3.59. The summed E-state index contributed by atoms with van der Waals surface area (Å²) in [6, 6.07) is 11.1. The van der Waals surface area contributed by atoms with E-state index >= 15 is 0 Å². The third-order valence-corrected chi connectivity index (χ3v) is 4.88. The van der Waals surface area contributed by atoms with E-state index in [1.807, 2.05) is 19.1 Å². The Morgan fingerprint density at radius 1 is 1.12 bits per heavy atom. The molecule has 0 bridgehead atoms. The van der Waals surface area contributed by atoms with Crippen LogP contribution in [0.15, 0.2) is 35.3 Å². The van der Waals surface area contributed by atoms with Crippen LogP contribution in [-0.4, -0.2) is 23.4 Å². The van der Waals surface area contributed by atoms with Crippen LogP contribution in [0.2, 0.25) is 0 Å². The highest BCUT2D eigenvalue weighted by atomic mass is 16.5. The van der Waals surface area contributed by atoms with E-state index in [0.29, 0.717) is 12.6 Å². The molecule has 0 aliphatic heterocycles. The van der Waals surface area contributed by atoms with E-state index in [1.165, 1.54) is 54.7 Å². The first-order valence-corrected chi connectivity index (χ1v) is 9.14. The molecule has 0 radical (unpaired) electrons. The van der Waals surface area contributed by atoms with Crippen molar-refractivity contribution in [3.63, 3.8) is 0 Å². The van der Waals surface area contributed by atoms with Crippen molar-refractivity contribution < 1.29 is 4.74 Å². The van der Waals surface area contributed by atoms with Gasteiger partial charge in [-0.3, -0.25) is 4.99 Å². The molecule has 3 rings (SSSR count). The fraction of sp³-hybridized carbons (Fsp3) is 0.476. The molecule has 1 aromatic heterocycles. The van der Waals surface area contributed by atoms with Crippen LogP contribution in [0.4, 0.5) is 0 Å². The molecule has 1 aliphatic rings. The molecule has 0 amide bonds. The van der Waals surface area contributed by atoms with E-state index in [-0.39, 0.29) is 0 Å². The maximum Gasteiger partial charge on any atom is 0.119 e. The van der Waals surface area contributed by atoms with Gasteiger partial charge in [-0.05, 0) is 63.9 Å². The molecule has 0 unspecified atom stereocenters. The van der Waals surface area contributed by atoms with Gasteiger partial charge in [0.15, 0.2) is 0 Å². The first-order chi connectivity index (χ1) is 11.7. The van der Waals surface area contributed by atoms with Crippen LogP contribution in [0.1, 0.15) is 56.0 Å². The fourth-order valence-electron chi connectivity index (χ4n) is 3.59. The summed E-state index contributed by atoms with van der Waals surface area (Å²) in [6.45, 7) is 7.03. The number of benzene rings is 1. The molecule has 1 heterocycles. The monoisotopic (exact) mass is 324 g/mol. The molecular formula is C21H28N2O. The third kappa shape index (κ3) is 3.72. The predicted octanol–water partition coefficient (Wildman–Crippen LogP) is 5.24. The number of nitrogens with zero attached hydrogens (tertiary/aromatic N) is 2. The van der Waals surface area contributed by atoms with Crippen molar-refractivity contribution in [2.24, 2.45) is 4.99 Å². The van der Waals surface area contributed by atoms with Crippen molar-refractivity contribution >= 4 is 6.21 Å². The maximum atomic E-state index is 5.54. The Hall–Kier alpha value is -2.03. The van der Waals surface area contributed by atoms with Crippen LogP contribution in [-0.2, 0) is 0 Å². The van der Waals surface area contributed by atoms with Crippen LogP contribution in [0.25, 0.3) is 5.69 Å². The molecule has 0 atom stereocenters. The Labute approximate surface area is 145 Å². The molecule has 3 heteroatoms. The zero-order valence-corrected chi connectivity index (χ0v) is 15.1. The van der Waals surface area contributed by atoms with Gasteiger partial charge in [0.2, 0.25) is 0 Å². The lowest BCUT2D eigenvalue weighted by Crippen LogP contribution is -2.09. The van der Waals surface area contributed by atoms with Gasteiger partial charge in [-0.25, -0.2) is 0 Å². The smallest absolute Gasteiger partial charge is 0.119 e. The Kier molecular flexibility index (Phi) is 5.39. The molecule has 2 aromatic rings. The van der Waals surface area contributed by atoms with Crippen LogP contribution >= 0.6 is 0 Å². The van der Waals surface area contributed by atoms with Crippen LogP contribution in [0, 0.1) is 13.8 Å². The van der Waals surface area contributed by atoms with Crippen LogP contribution in [0.3, 0.4) is 0 Å². The lowest BCUT2D eigenvalue weighted by molar-refractivity contribution is 0.340. The molecular weight excluding hydrogens is 296 g/mol. The second-order valence-corrected chi connectivity index (χ2v) is 6.66. The van der Waals surface area contributed by atoms with Crippen molar-refractivity contribution in [3.05, 3.63) is 47.3 Å². The minimum atomic E-state index is 0.521. The zero-order valence-electron chi connectivity index (χ0n) is 15.1. The molecule has 3 nitrogen and oxygen atoms in total. The second kappa shape index (κ2) is 7.69. The van der Waals surface area contributed by atoms with E-state index in [9.17, 15) is 0 Å². The lowest BCUT2D eigenvalue weighted by Gasteiger charge is -2.17. The summed E-state index contributed by atoms with van der Waals surface area (Å²) in [6.07, 6.45) is 8.60. The summed E-state index contributed by atoms with van der Waals surface area (Å²) in [5.74, 6) is 0.919. The van der Waals surface area contributed by atoms with Gasteiger partial charge >= 0.3 is 0 Å². The molecule has 1 aliphatic carbocycles. The van der Waals surface area contributed by atoms with Crippen molar-refractivity contribution in [2.75, 3.05) is 6.61 Å². The van der Waals surface area contributed by atoms with E-state index in [0.717, 1.165) is 5.75 Å². The average molecular weight is 324 g/mol. The van der Waals surface area contributed by atoms with Crippen molar-refractivity contribution in [2.45, 2.75) is 58.9 Å². The second-order valence-electron chi connectivity index (χ2n) is 6.66. The first-order valence-electron chi connectivity index (χ1n) is 9.14. The number of ether oxygens (including phenoxy) is 1. The van der Waals surface area contributed by atoms with Crippen LogP contribution < -0.4 is 4.74 Å². The quantitative estimate of drug-likeness (QED) is 0.690. The van der Waals surface area contributed by atoms with E-state index in [2.05, 4.69) is 42.8 Å². The standard InChI is InChI=1S/C21H28N2O/c1-4-24-21-12-10-20(11-13-21)23-16(2)14-18(17(23)3)15-22-19-8-6-5-7-9-19/h10-15,19H,4-9H2,1-3H3. The van der Waals surface area contributed by atoms with Gasteiger partial charge < -0.3 is 9.30 Å². The normalized spacial score (nSPS) is 16.0. The molecule has 1 fully saturated rings. The molecule has 128 valence electrons. The number of rotatable bonds is 5. The average Bonchev–Trinajstić information content (AvgIpc) is 2.89. The van der Waals surface area contributed by atoms with Crippen molar-refractivity contribution in [3.8, 4) is 11.4 Å². The van der Waals surface area contributed by atoms with Gasteiger partial charge in [0.1, 0.15) is 5.75 Å². The van der Waals surface area contributed by atoms with Crippen molar-refractivity contribution in [1.29, 1.82) is 0 Å². The molecule has 24 heavy (non-hydrogen) atoms. The Bertz CT molecular complexity index is 691. The Morgan fingerprint density at radius 3 is 2.50 bits per heavy atom. The zero-order chi connectivity index (χ0) is 16.9. The highest BCUT2D eigenvalue weighted by molar-refractivity contribution is 5.82. The van der Waals surface area contributed by atoms with Crippen molar-refractivity contribution in [1.82, 2.24) is 4.57 Å². The molecule has 1 saturated carbocycles. The SMILES string of the molecule is CCOc1ccc(-n2c(C)cc(C=NC3CCCCC3)c2C)cc1. The van der Waals surface area contributed by atoms with Gasteiger partial charge in [0.25, 0.3) is 0 Å². The number of aliphatic imine (C=N–C) groups is 1. The summed E-state index contributed by atoms with van der Waals surface area (Å²) >= 11 is 0.